The fraction of sp³-hybridized carbons (Fsp3) is 0.308. The highest BCUT2D eigenvalue weighted by Crippen LogP contribution is 2.31. The quantitative estimate of drug-likeness (QED) is 0.583. The van der Waals surface area contributed by atoms with Gasteiger partial charge in [0.25, 0.3) is 0 Å². The third kappa shape index (κ3) is 2.77. The maximum Gasteiger partial charge on any atom is 0.234 e. The molecule has 0 radical (unpaired) electrons. The van der Waals surface area contributed by atoms with E-state index in [0.29, 0.717) is 13.2 Å². The van der Waals surface area contributed by atoms with Crippen molar-refractivity contribution < 1.29 is 9.53 Å². The van der Waals surface area contributed by atoms with Crippen LogP contribution < -0.4 is 15.4 Å². The Labute approximate surface area is 100 Å². The van der Waals surface area contributed by atoms with E-state index in [1.54, 1.807) is 0 Å². The number of carbonyl (C=O) groups is 1. The Bertz CT molecular complexity index is 451. The summed E-state index contributed by atoms with van der Waals surface area (Å²) in [5.74, 6) is 3.18. The summed E-state index contributed by atoms with van der Waals surface area (Å²) in [6.07, 6.45) is 5.08. The zero-order valence-electron chi connectivity index (χ0n) is 9.40. The predicted octanol–water partition coefficient (Wildman–Crippen LogP) is 0.459. The SMILES string of the molecule is C#CCNCC(=O)NC1COc2ccccc21. The summed E-state index contributed by atoms with van der Waals surface area (Å²) in [7, 11) is 0. The largest absolute Gasteiger partial charge is 0.491 e. The lowest BCUT2D eigenvalue weighted by molar-refractivity contribution is -0.121. The number of rotatable bonds is 4. The maximum absolute atomic E-state index is 11.6. The van der Waals surface area contributed by atoms with E-state index < -0.39 is 0 Å². The number of nitrogens with one attached hydrogen (secondary N) is 2. The van der Waals surface area contributed by atoms with Gasteiger partial charge in [0.05, 0.1) is 19.1 Å². The first-order valence-corrected chi connectivity index (χ1v) is 5.46. The maximum atomic E-state index is 11.6. The van der Waals surface area contributed by atoms with Gasteiger partial charge in [-0.2, -0.15) is 0 Å². The van der Waals surface area contributed by atoms with Crippen LogP contribution >= 0.6 is 0 Å². The Morgan fingerprint density at radius 1 is 1.53 bits per heavy atom. The lowest BCUT2D eigenvalue weighted by Crippen LogP contribution is -2.36. The Balaban J connectivity index is 1.89. The molecule has 0 spiro atoms. The third-order valence-electron chi connectivity index (χ3n) is 2.55. The molecule has 88 valence electrons. The Kier molecular flexibility index (Phi) is 3.63. The molecule has 1 aromatic carbocycles. The van der Waals surface area contributed by atoms with Gasteiger partial charge in [-0.3, -0.25) is 10.1 Å². The molecular formula is C13H14N2O2. The number of benzene rings is 1. The van der Waals surface area contributed by atoms with Crippen LogP contribution in [0.1, 0.15) is 11.6 Å². The fourth-order valence-corrected chi connectivity index (χ4v) is 1.78. The highest BCUT2D eigenvalue weighted by molar-refractivity contribution is 5.78. The van der Waals surface area contributed by atoms with E-state index in [1.165, 1.54) is 0 Å². The average Bonchev–Trinajstić information content (AvgIpc) is 2.73. The number of terminal acetylenes is 1. The second kappa shape index (κ2) is 5.37. The molecule has 0 bridgehead atoms. The number of para-hydroxylation sites is 1. The molecule has 2 rings (SSSR count). The Hall–Kier alpha value is -1.99. The van der Waals surface area contributed by atoms with Crippen molar-refractivity contribution in [1.29, 1.82) is 0 Å². The summed E-state index contributed by atoms with van der Waals surface area (Å²) in [6, 6.07) is 7.65. The highest BCUT2D eigenvalue weighted by atomic mass is 16.5. The number of carbonyl (C=O) groups excluding carboxylic acids is 1. The van der Waals surface area contributed by atoms with Crippen LogP contribution in [0.3, 0.4) is 0 Å². The van der Waals surface area contributed by atoms with Crippen molar-refractivity contribution in [3.8, 4) is 18.1 Å². The second-order valence-electron chi connectivity index (χ2n) is 3.78. The van der Waals surface area contributed by atoms with Crippen molar-refractivity contribution >= 4 is 5.91 Å². The highest BCUT2D eigenvalue weighted by Gasteiger charge is 2.24. The topological polar surface area (TPSA) is 50.4 Å². The first-order chi connectivity index (χ1) is 8.31. The van der Waals surface area contributed by atoms with E-state index in [4.69, 9.17) is 11.2 Å². The number of ether oxygens (including phenoxy) is 1. The van der Waals surface area contributed by atoms with Crippen LogP contribution in [-0.2, 0) is 4.79 Å². The number of hydrogen-bond donors (Lipinski definition) is 2. The zero-order valence-corrected chi connectivity index (χ0v) is 9.40. The molecule has 1 aromatic rings. The zero-order chi connectivity index (χ0) is 12.1. The molecule has 0 saturated heterocycles. The van der Waals surface area contributed by atoms with E-state index in [1.807, 2.05) is 24.3 Å². The Morgan fingerprint density at radius 3 is 3.18 bits per heavy atom. The first-order valence-electron chi connectivity index (χ1n) is 5.46. The molecule has 0 fully saturated rings. The molecule has 1 unspecified atom stereocenters. The van der Waals surface area contributed by atoms with Crippen molar-refractivity contribution in [2.24, 2.45) is 0 Å². The first kappa shape index (κ1) is 11.5. The van der Waals surface area contributed by atoms with Gasteiger partial charge < -0.3 is 10.1 Å². The van der Waals surface area contributed by atoms with Gasteiger partial charge in [-0.15, -0.1) is 6.42 Å². The minimum absolute atomic E-state index is 0.0636. The normalized spacial score (nSPS) is 16.8. The van der Waals surface area contributed by atoms with Crippen molar-refractivity contribution in [1.82, 2.24) is 10.6 Å². The van der Waals surface area contributed by atoms with Gasteiger partial charge >= 0.3 is 0 Å². The van der Waals surface area contributed by atoms with Crippen molar-refractivity contribution in [3.05, 3.63) is 29.8 Å². The molecule has 1 atom stereocenters. The van der Waals surface area contributed by atoms with E-state index in [9.17, 15) is 4.79 Å². The summed E-state index contributed by atoms with van der Waals surface area (Å²) in [5, 5.41) is 5.74. The number of amides is 1. The van der Waals surface area contributed by atoms with Crippen LogP contribution in [0.25, 0.3) is 0 Å². The molecule has 0 aromatic heterocycles. The molecule has 4 nitrogen and oxygen atoms in total. The summed E-state index contributed by atoms with van der Waals surface area (Å²) in [6.45, 7) is 1.11. The van der Waals surface area contributed by atoms with Gasteiger partial charge in [0, 0.05) is 5.56 Å². The molecule has 1 heterocycles. The summed E-state index contributed by atoms with van der Waals surface area (Å²) in [4.78, 5) is 11.6. The van der Waals surface area contributed by atoms with Crippen LogP contribution in [0.15, 0.2) is 24.3 Å². The van der Waals surface area contributed by atoms with Crippen LogP contribution in [0.5, 0.6) is 5.75 Å². The number of hydrogen-bond acceptors (Lipinski definition) is 3. The van der Waals surface area contributed by atoms with Gasteiger partial charge in [-0.05, 0) is 6.07 Å². The van der Waals surface area contributed by atoms with Crippen molar-refractivity contribution in [2.75, 3.05) is 19.7 Å². The van der Waals surface area contributed by atoms with Gasteiger partial charge in [-0.25, -0.2) is 0 Å². The molecule has 1 aliphatic heterocycles. The van der Waals surface area contributed by atoms with Gasteiger partial charge in [0.2, 0.25) is 5.91 Å². The fourth-order valence-electron chi connectivity index (χ4n) is 1.78. The molecule has 1 aliphatic rings. The van der Waals surface area contributed by atoms with E-state index in [0.717, 1.165) is 11.3 Å². The van der Waals surface area contributed by atoms with Gasteiger partial charge in [0.1, 0.15) is 12.4 Å². The lowest BCUT2D eigenvalue weighted by Gasteiger charge is -2.11. The van der Waals surface area contributed by atoms with E-state index in [2.05, 4.69) is 16.6 Å². The Morgan fingerprint density at radius 2 is 2.35 bits per heavy atom. The minimum Gasteiger partial charge on any atom is -0.491 e. The molecule has 0 saturated carbocycles. The monoisotopic (exact) mass is 230 g/mol. The molecule has 4 heteroatoms. The van der Waals surface area contributed by atoms with Crippen LogP contribution in [0.4, 0.5) is 0 Å². The second-order valence-corrected chi connectivity index (χ2v) is 3.78. The third-order valence-corrected chi connectivity index (χ3v) is 2.55. The average molecular weight is 230 g/mol. The molecule has 2 N–H and O–H groups in total. The van der Waals surface area contributed by atoms with E-state index in [-0.39, 0.29) is 18.5 Å². The van der Waals surface area contributed by atoms with Crippen molar-refractivity contribution in [2.45, 2.75) is 6.04 Å². The van der Waals surface area contributed by atoms with Crippen molar-refractivity contribution in [3.63, 3.8) is 0 Å². The van der Waals surface area contributed by atoms with E-state index >= 15 is 0 Å². The van der Waals surface area contributed by atoms with Gasteiger partial charge in [-0.1, -0.05) is 24.1 Å². The predicted molar refractivity (Wildman–Crippen MR) is 64.5 cm³/mol. The molecule has 0 aliphatic carbocycles. The lowest BCUT2D eigenvalue weighted by atomic mass is 10.1. The minimum atomic E-state index is -0.0782. The summed E-state index contributed by atoms with van der Waals surface area (Å²) < 4.78 is 5.47. The molecule has 1 amide bonds. The standard InChI is InChI=1S/C13H14N2O2/c1-2-7-14-8-13(16)15-11-9-17-12-6-4-3-5-10(11)12/h1,3-6,11,14H,7-9H2,(H,15,16). The molecular weight excluding hydrogens is 216 g/mol. The van der Waals surface area contributed by atoms with Gasteiger partial charge in [0.15, 0.2) is 0 Å². The summed E-state index contributed by atoms with van der Waals surface area (Å²) in [5.41, 5.74) is 1.03. The number of fused-ring (bicyclic) bond motifs is 1. The summed E-state index contributed by atoms with van der Waals surface area (Å²) >= 11 is 0. The van der Waals surface area contributed by atoms with Crippen LogP contribution in [0.2, 0.25) is 0 Å². The van der Waals surface area contributed by atoms with Crippen LogP contribution in [-0.4, -0.2) is 25.6 Å². The van der Waals surface area contributed by atoms with Crippen LogP contribution in [0, 0.1) is 12.3 Å². The smallest absolute Gasteiger partial charge is 0.234 e. The molecule has 17 heavy (non-hydrogen) atoms.